The second kappa shape index (κ2) is 8.30. The molecule has 0 aliphatic heterocycles. The number of halogens is 2. The van der Waals surface area contributed by atoms with Crippen molar-refractivity contribution in [2.45, 2.75) is 0 Å². The molecule has 7 nitrogen and oxygen atoms in total. The molecule has 144 valence electrons. The van der Waals surface area contributed by atoms with Gasteiger partial charge in [0.1, 0.15) is 23.0 Å². The van der Waals surface area contributed by atoms with Crippen LogP contribution in [0.5, 0.6) is 11.5 Å². The van der Waals surface area contributed by atoms with Gasteiger partial charge in [0.15, 0.2) is 11.6 Å². The summed E-state index contributed by atoms with van der Waals surface area (Å²) in [4.78, 5) is 20.3. The van der Waals surface area contributed by atoms with Crippen molar-refractivity contribution in [1.82, 2.24) is 9.97 Å². The monoisotopic (exact) mass is 386 g/mol. The molecule has 1 heterocycles. The number of anilines is 3. The zero-order valence-corrected chi connectivity index (χ0v) is 15.0. The summed E-state index contributed by atoms with van der Waals surface area (Å²) in [7, 11) is 3.08. The fourth-order valence-electron chi connectivity index (χ4n) is 2.33. The number of amides is 1. The third kappa shape index (κ3) is 4.32. The number of nitrogens with zero attached hydrogens (tertiary/aromatic N) is 2. The third-order valence-electron chi connectivity index (χ3n) is 3.73. The molecule has 1 aromatic heterocycles. The molecule has 0 spiro atoms. The smallest absolute Gasteiger partial charge is 0.275 e. The fraction of sp³-hybridized carbons (Fsp3) is 0.105. The Bertz CT molecular complexity index is 997. The number of ether oxygens (including phenoxy) is 2. The van der Waals surface area contributed by atoms with Crippen LogP contribution in [-0.2, 0) is 0 Å². The van der Waals surface area contributed by atoms with Crippen molar-refractivity contribution in [2.24, 2.45) is 0 Å². The van der Waals surface area contributed by atoms with Crippen molar-refractivity contribution in [3.8, 4) is 11.5 Å². The van der Waals surface area contributed by atoms with E-state index in [-0.39, 0.29) is 11.4 Å². The molecule has 28 heavy (non-hydrogen) atoms. The van der Waals surface area contributed by atoms with Crippen LogP contribution in [0.1, 0.15) is 10.5 Å². The number of methoxy groups -OCH3 is 2. The van der Waals surface area contributed by atoms with Crippen molar-refractivity contribution in [1.29, 1.82) is 0 Å². The van der Waals surface area contributed by atoms with Gasteiger partial charge in [-0.15, -0.1) is 0 Å². The number of carbonyl (C=O) groups excluding carboxylic acids is 1. The molecule has 0 saturated carbocycles. The zero-order valence-electron chi connectivity index (χ0n) is 15.0. The average molecular weight is 386 g/mol. The summed E-state index contributed by atoms with van der Waals surface area (Å²) in [6, 6.07) is 8.26. The molecule has 0 saturated heterocycles. The molecule has 0 aliphatic carbocycles. The lowest BCUT2D eigenvalue weighted by molar-refractivity contribution is 0.102. The lowest BCUT2D eigenvalue weighted by atomic mass is 10.2. The molecule has 0 unspecified atom stereocenters. The summed E-state index contributed by atoms with van der Waals surface area (Å²) < 4.78 is 36.6. The highest BCUT2D eigenvalue weighted by atomic mass is 19.2. The van der Waals surface area contributed by atoms with Gasteiger partial charge in [-0.2, -0.15) is 0 Å². The third-order valence-corrected chi connectivity index (χ3v) is 3.73. The summed E-state index contributed by atoms with van der Waals surface area (Å²) in [5.74, 6) is -1.10. The number of benzene rings is 2. The van der Waals surface area contributed by atoms with Gasteiger partial charge in [0.2, 0.25) is 0 Å². The first-order chi connectivity index (χ1) is 13.5. The fourth-order valence-corrected chi connectivity index (χ4v) is 2.33. The zero-order chi connectivity index (χ0) is 20.1. The molecule has 0 fully saturated rings. The first-order valence-electron chi connectivity index (χ1n) is 8.07. The maximum absolute atomic E-state index is 13.2. The van der Waals surface area contributed by atoms with Gasteiger partial charge in [0.25, 0.3) is 5.91 Å². The number of rotatable bonds is 6. The minimum absolute atomic E-state index is 0.00731. The molecule has 0 bridgehead atoms. The Balaban J connectivity index is 1.72. The summed E-state index contributed by atoms with van der Waals surface area (Å²) in [5.41, 5.74) is 0.719. The Morgan fingerprint density at radius 1 is 0.964 bits per heavy atom. The lowest BCUT2D eigenvalue weighted by Crippen LogP contribution is -2.14. The average Bonchev–Trinajstić information content (AvgIpc) is 2.71. The van der Waals surface area contributed by atoms with Crippen molar-refractivity contribution < 1.29 is 23.0 Å². The van der Waals surface area contributed by atoms with Gasteiger partial charge in [-0.3, -0.25) is 4.79 Å². The normalized spacial score (nSPS) is 10.3. The van der Waals surface area contributed by atoms with E-state index in [1.54, 1.807) is 25.3 Å². The number of nitrogens with one attached hydrogen (secondary N) is 2. The van der Waals surface area contributed by atoms with Gasteiger partial charge in [0.05, 0.1) is 32.3 Å². The van der Waals surface area contributed by atoms with Crippen LogP contribution in [0.25, 0.3) is 0 Å². The maximum Gasteiger partial charge on any atom is 0.275 e. The molecule has 9 heteroatoms. The van der Waals surface area contributed by atoms with E-state index < -0.39 is 17.5 Å². The molecule has 3 aromatic rings. The predicted octanol–water partition coefficient (Wildman–Crippen LogP) is 3.77. The SMILES string of the molecule is COc1ccc(OC)c(Nc2cnc(C(=O)Nc3ccc(F)c(F)c3)cn2)c1. The Kier molecular flexibility index (Phi) is 5.64. The standard InChI is InChI=1S/C19H16F2N4O3/c1-27-12-4-6-17(28-2)15(8-12)25-18-10-22-16(9-23-18)19(26)24-11-3-5-13(20)14(21)7-11/h3-10H,1-2H3,(H,23,25)(H,24,26). The summed E-state index contributed by atoms with van der Waals surface area (Å²) in [6.45, 7) is 0. The Morgan fingerprint density at radius 3 is 2.43 bits per heavy atom. The second-order valence-electron chi connectivity index (χ2n) is 5.56. The van der Waals surface area contributed by atoms with E-state index in [0.717, 1.165) is 12.1 Å². The van der Waals surface area contributed by atoms with Crippen LogP contribution in [-0.4, -0.2) is 30.1 Å². The number of hydrogen-bond donors (Lipinski definition) is 2. The molecular weight excluding hydrogens is 370 g/mol. The first kappa shape index (κ1) is 19.0. The molecule has 0 aliphatic rings. The van der Waals surface area contributed by atoms with Crippen LogP contribution in [0.15, 0.2) is 48.8 Å². The van der Waals surface area contributed by atoms with E-state index >= 15 is 0 Å². The van der Waals surface area contributed by atoms with Gasteiger partial charge in [-0.1, -0.05) is 0 Å². The van der Waals surface area contributed by atoms with Crippen molar-refractivity contribution >= 4 is 23.1 Å². The predicted molar refractivity (Wildman–Crippen MR) is 99.2 cm³/mol. The minimum atomic E-state index is -1.06. The largest absolute Gasteiger partial charge is 0.497 e. The Labute approximate surface area is 159 Å². The summed E-state index contributed by atoms with van der Waals surface area (Å²) >= 11 is 0. The highest BCUT2D eigenvalue weighted by Gasteiger charge is 2.11. The van der Waals surface area contributed by atoms with Crippen LogP contribution in [0.2, 0.25) is 0 Å². The van der Waals surface area contributed by atoms with E-state index in [1.807, 2.05) is 0 Å². The van der Waals surface area contributed by atoms with Crippen molar-refractivity contribution in [3.05, 3.63) is 66.1 Å². The van der Waals surface area contributed by atoms with Crippen molar-refractivity contribution in [2.75, 3.05) is 24.9 Å². The topological polar surface area (TPSA) is 85.4 Å². The Morgan fingerprint density at radius 2 is 1.79 bits per heavy atom. The van der Waals surface area contributed by atoms with Gasteiger partial charge in [-0.05, 0) is 24.3 Å². The van der Waals surface area contributed by atoms with Gasteiger partial charge < -0.3 is 20.1 Å². The molecule has 3 rings (SSSR count). The minimum Gasteiger partial charge on any atom is -0.497 e. The highest BCUT2D eigenvalue weighted by Crippen LogP contribution is 2.30. The molecule has 2 N–H and O–H groups in total. The highest BCUT2D eigenvalue weighted by molar-refractivity contribution is 6.02. The molecule has 0 atom stereocenters. The first-order valence-corrected chi connectivity index (χ1v) is 8.07. The lowest BCUT2D eigenvalue weighted by Gasteiger charge is -2.12. The van der Waals surface area contributed by atoms with E-state index in [9.17, 15) is 13.6 Å². The molecular formula is C19H16F2N4O3. The second-order valence-corrected chi connectivity index (χ2v) is 5.56. The molecule has 1 amide bonds. The van der Waals surface area contributed by atoms with Gasteiger partial charge in [0, 0.05) is 17.8 Å². The summed E-state index contributed by atoms with van der Waals surface area (Å²) in [5, 5.41) is 5.45. The number of carbonyl (C=O) groups is 1. The van der Waals surface area contributed by atoms with Crippen LogP contribution in [0, 0.1) is 11.6 Å². The number of hydrogen-bond acceptors (Lipinski definition) is 6. The van der Waals surface area contributed by atoms with E-state index in [4.69, 9.17) is 9.47 Å². The van der Waals surface area contributed by atoms with E-state index in [1.165, 1.54) is 25.6 Å². The number of aromatic nitrogens is 2. The summed E-state index contributed by atoms with van der Waals surface area (Å²) in [6.07, 6.45) is 2.61. The van der Waals surface area contributed by atoms with E-state index in [0.29, 0.717) is 23.0 Å². The quantitative estimate of drug-likeness (QED) is 0.671. The van der Waals surface area contributed by atoms with E-state index in [2.05, 4.69) is 20.6 Å². The maximum atomic E-state index is 13.2. The van der Waals surface area contributed by atoms with Crippen LogP contribution >= 0.6 is 0 Å². The van der Waals surface area contributed by atoms with Crippen molar-refractivity contribution in [3.63, 3.8) is 0 Å². The molecule has 0 radical (unpaired) electrons. The van der Waals surface area contributed by atoms with Gasteiger partial charge in [-0.25, -0.2) is 18.7 Å². The molecule has 2 aromatic carbocycles. The van der Waals surface area contributed by atoms with Crippen LogP contribution < -0.4 is 20.1 Å². The van der Waals surface area contributed by atoms with Crippen LogP contribution in [0.3, 0.4) is 0 Å². The Hall–Kier alpha value is -3.75. The van der Waals surface area contributed by atoms with Crippen LogP contribution in [0.4, 0.5) is 26.0 Å². The van der Waals surface area contributed by atoms with Gasteiger partial charge >= 0.3 is 0 Å².